The summed E-state index contributed by atoms with van der Waals surface area (Å²) in [6, 6.07) is 15.9. The van der Waals surface area contributed by atoms with Crippen molar-refractivity contribution in [3.05, 3.63) is 80.3 Å². The van der Waals surface area contributed by atoms with Crippen molar-refractivity contribution < 1.29 is 18.7 Å². The normalized spacial score (nSPS) is 16.1. The van der Waals surface area contributed by atoms with E-state index in [9.17, 15) is 9.59 Å². The van der Waals surface area contributed by atoms with E-state index < -0.39 is 0 Å². The predicted octanol–water partition coefficient (Wildman–Crippen LogP) is 6.77. The number of furan rings is 1. The summed E-state index contributed by atoms with van der Waals surface area (Å²) >= 11 is 10.8. The van der Waals surface area contributed by atoms with Gasteiger partial charge in [-0.1, -0.05) is 23.7 Å². The van der Waals surface area contributed by atoms with E-state index in [-0.39, 0.29) is 11.9 Å². The molecule has 0 radical (unpaired) electrons. The second-order valence-electron chi connectivity index (χ2n) is 6.97. The van der Waals surface area contributed by atoms with Crippen LogP contribution in [0.4, 0.5) is 5.69 Å². The molecule has 1 amide bonds. The van der Waals surface area contributed by atoms with Gasteiger partial charge in [-0.2, -0.15) is 0 Å². The monoisotopic (exact) mass is 544 g/mol. The zero-order chi connectivity index (χ0) is 23.5. The molecule has 0 N–H and O–H groups in total. The van der Waals surface area contributed by atoms with Gasteiger partial charge in [0, 0.05) is 23.2 Å². The first-order valence-corrected chi connectivity index (χ1v) is 11.9. The molecule has 2 heterocycles. The first-order chi connectivity index (χ1) is 15.9. The Morgan fingerprint density at radius 3 is 2.67 bits per heavy atom. The van der Waals surface area contributed by atoms with E-state index in [4.69, 9.17) is 20.8 Å². The molecule has 0 saturated carbocycles. The molecule has 6 nitrogen and oxygen atoms in total. The highest BCUT2D eigenvalue weighted by molar-refractivity contribution is 9.10. The molecule has 9 heteroatoms. The molecular formula is C24H18BrClN2O4S. The lowest BCUT2D eigenvalue weighted by molar-refractivity contribution is -0.121. The molecule has 0 unspecified atom stereocenters. The van der Waals surface area contributed by atoms with E-state index in [1.807, 2.05) is 18.2 Å². The summed E-state index contributed by atoms with van der Waals surface area (Å²) < 4.78 is 11.7. The van der Waals surface area contributed by atoms with Crippen LogP contribution in [0.2, 0.25) is 5.02 Å². The second-order valence-corrected chi connectivity index (χ2v) is 9.24. The number of halogens is 2. The molecule has 1 saturated heterocycles. The lowest BCUT2D eigenvalue weighted by atomic mass is 10.1. The third-order valence-electron chi connectivity index (χ3n) is 4.71. The van der Waals surface area contributed by atoms with E-state index >= 15 is 0 Å². The number of likely N-dealkylation sites (N-methyl/N-ethyl adjacent to an activating group) is 1. The fourth-order valence-corrected chi connectivity index (χ4v) is 4.40. The standard InChI is InChI=1S/C24H18BrClN2O4S/c1-3-31-23(30)15-6-4-14(5-7-15)20-11-9-17(32-20)13-21-22(29)28(2)24(33-21)27-16-8-10-18(25)19(26)12-16/h4-13H,3H2,1-2H3/b21-13-,27-24?. The van der Waals surface area contributed by atoms with Gasteiger partial charge in [-0.05, 0) is 77.1 Å². The van der Waals surface area contributed by atoms with Crippen molar-refractivity contribution in [2.45, 2.75) is 6.92 Å². The minimum atomic E-state index is -0.363. The van der Waals surface area contributed by atoms with Crippen molar-refractivity contribution >= 4 is 68.1 Å². The quantitative estimate of drug-likeness (QED) is 0.261. The van der Waals surface area contributed by atoms with Crippen LogP contribution in [-0.2, 0) is 9.53 Å². The number of amidine groups is 1. The Morgan fingerprint density at radius 1 is 1.21 bits per heavy atom. The molecular weight excluding hydrogens is 528 g/mol. The highest BCUT2D eigenvalue weighted by Gasteiger charge is 2.30. The fraction of sp³-hybridized carbons (Fsp3) is 0.125. The summed E-state index contributed by atoms with van der Waals surface area (Å²) in [6.07, 6.45) is 1.69. The Morgan fingerprint density at radius 2 is 1.97 bits per heavy atom. The molecule has 0 bridgehead atoms. The van der Waals surface area contributed by atoms with Crippen LogP contribution in [0.15, 0.2) is 73.4 Å². The van der Waals surface area contributed by atoms with Crippen LogP contribution < -0.4 is 0 Å². The number of nitrogens with zero attached hydrogens (tertiary/aromatic N) is 2. The number of esters is 1. The average molecular weight is 546 g/mol. The summed E-state index contributed by atoms with van der Waals surface area (Å²) in [6.45, 7) is 2.09. The maximum Gasteiger partial charge on any atom is 0.338 e. The Labute approximate surface area is 208 Å². The highest BCUT2D eigenvalue weighted by atomic mass is 79.9. The van der Waals surface area contributed by atoms with E-state index in [2.05, 4.69) is 20.9 Å². The van der Waals surface area contributed by atoms with Crippen molar-refractivity contribution in [2.75, 3.05) is 13.7 Å². The van der Waals surface area contributed by atoms with Gasteiger partial charge in [0.25, 0.3) is 5.91 Å². The molecule has 0 spiro atoms. The van der Waals surface area contributed by atoms with E-state index in [1.54, 1.807) is 56.4 Å². The van der Waals surface area contributed by atoms with Gasteiger partial charge in [-0.15, -0.1) is 0 Å². The largest absolute Gasteiger partial charge is 0.462 e. The minimum absolute atomic E-state index is 0.168. The third-order valence-corrected chi connectivity index (χ3v) is 7.00. The number of ether oxygens (including phenoxy) is 1. The number of hydrogen-bond acceptors (Lipinski definition) is 6. The van der Waals surface area contributed by atoms with Gasteiger partial charge in [0.15, 0.2) is 5.17 Å². The molecule has 1 aliphatic heterocycles. The number of carbonyl (C=O) groups is 2. The van der Waals surface area contributed by atoms with Gasteiger partial charge < -0.3 is 9.15 Å². The van der Waals surface area contributed by atoms with Gasteiger partial charge in [0.05, 0.1) is 27.8 Å². The van der Waals surface area contributed by atoms with E-state index in [1.165, 1.54) is 16.7 Å². The Hall–Kier alpha value is -2.81. The van der Waals surface area contributed by atoms with Crippen molar-refractivity contribution in [3.63, 3.8) is 0 Å². The maximum atomic E-state index is 12.7. The van der Waals surface area contributed by atoms with Crippen LogP contribution in [0.5, 0.6) is 0 Å². The molecule has 2 aromatic carbocycles. The first-order valence-electron chi connectivity index (χ1n) is 9.94. The number of thioether (sulfide) groups is 1. The molecule has 1 fully saturated rings. The van der Waals surface area contributed by atoms with Gasteiger partial charge in [-0.25, -0.2) is 9.79 Å². The van der Waals surface area contributed by atoms with Crippen molar-refractivity contribution in [1.29, 1.82) is 0 Å². The summed E-state index contributed by atoms with van der Waals surface area (Å²) in [5.74, 6) is 0.632. The molecule has 33 heavy (non-hydrogen) atoms. The Kier molecular flexibility index (Phi) is 7.07. The SMILES string of the molecule is CCOC(=O)c1ccc(-c2ccc(/C=C3\SC(=Nc4ccc(Br)c(Cl)c4)N(C)C3=O)o2)cc1. The smallest absolute Gasteiger partial charge is 0.338 e. The summed E-state index contributed by atoms with van der Waals surface area (Å²) in [5, 5.41) is 1.09. The van der Waals surface area contributed by atoms with Gasteiger partial charge in [0.2, 0.25) is 0 Å². The van der Waals surface area contributed by atoms with E-state index in [0.717, 1.165) is 10.0 Å². The molecule has 1 aliphatic rings. The number of amides is 1. The first kappa shape index (κ1) is 23.4. The number of benzene rings is 2. The zero-order valence-electron chi connectivity index (χ0n) is 17.7. The molecule has 0 aliphatic carbocycles. The number of carbonyl (C=O) groups excluding carboxylic acids is 2. The number of aliphatic imine (C=N–C) groups is 1. The van der Waals surface area contributed by atoms with Crippen LogP contribution in [0.25, 0.3) is 17.4 Å². The van der Waals surface area contributed by atoms with Crippen LogP contribution in [0.3, 0.4) is 0 Å². The maximum absolute atomic E-state index is 12.7. The van der Waals surface area contributed by atoms with Crippen molar-refractivity contribution in [1.82, 2.24) is 4.90 Å². The van der Waals surface area contributed by atoms with Crippen LogP contribution in [-0.4, -0.2) is 35.6 Å². The topological polar surface area (TPSA) is 72.1 Å². The Balaban J connectivity index is 1.53. The predicted molar refractivity (Wildman–Crippen MR) is 135 cm³/mol. The van der Waals surface area contributed by atoms with Crippen molar-refractivity contribution in [2.24, 2.45) is 4.99 Å². The van der Waals surface area contributed by atoms with E-state index in [0.29, 0.717) is 44.5 Å². The molecule has 168 valence electrons. The highest BCUT2D eigenvalue weighted by Crippen LogP contribution is 2.35. The van der Waals surface area contributed by atoms with Gasteiger partial charge >= 0.3 is 5.97 Å². The van der Waals surface area contributed by atoms with Crippen LogP contribution >= 0.6 is 39.3 Å². The number of rotatable bonds is 5. The van der Waals surface area contributed by atoms with Crippen molar-refractivity contribution in [3.8, 4) is 11.3 Å². The second kappa shape index (κ2) is 9.99. The lowest BCUT2D eigenvalue weighted by Gasteiger charge is -2.07. The lowest BCUT2D eigenvalue weighted by Crippen LogP contribution is -2.23. The fourth-order valence-electron chi connectivity index (χ4n) is 3.02. The molecule has 1 aromatic heterocycles. The van der Waals surface area contributed by atoms with Crippen LogP contribution in [0, 0.1) is 0 Å². The van der Waals surface area contributed by atoms with Gasteiger partial charge in [0.1, 0.15) is 11.5 Å². The van der Waals surface area contributed by atoms with Gasteiger partial charge in [-0.3, -0.25) is 9.69 Å². The molecule has 3 aromatic rings. The number of hydrogen-bond donors (Lipinski definition) is 0. The molecule has 0 atom stereocenters. The molecule has 4 rings (SSSR count). The summed E-state index contributed by atoms with van der Waals surface area (Å²) in [5.41, 5.74) is 1.94. The average Bonchev–Trinajstić information content (AvgIpc) is 3.37. The Bertz CT molecular complexity index is 1280. The summed E-state index contributed by atoms with van der Waals surface area (Å²) in [7, 11) is 1.67. The zero-order valence-corrected chi connectivity index (χ0v) is 20.8. The summed E-state index contributed by atoms with van der Waals surface area (Å²) in [4.78, 5) is 31.0. The minimum Gasteiger partial charge on any atom is -0.462 e. The third kappa shape index (κ3) is 5.24. The van der Waals surface area contributed by atoms with Crippen LogP contribution in [0.1, 0.15) is 23.0 Å².